The number of carbonyl (C=O) groups excluding carboxylic acids is 1. The van der Waals surface area contributed by atoms with Gasteiger partial charge in [0.2, 0.25) is 0 Å². The van der Waals surface area contributed by atoms with Crippen LogP contribution < -0.4 is 0 Å². The standard InChI is InChI=1S/C24H27NO2/c1-15-11-12-25-14-23(15)24(26)27-18-7-10-20-17(13-18)6-9-21-19-4-2-3-16(19)5-8-22(20)21/h2-4,6,11-12,14,16,18,20-22H,5,7-10,13H2,1H3. The summed E-state index contributed by atoms with van der Waals surface area (Å²) < 4.78 is 5.87. The molecule has 0 spiro atoms. The first kappa shape index (κ1) is 17.0. The molecule has 3 nitrogen and oxygen atoms in total. The molecule has 5 unspecified atom stereocenters. The molecule has 0 aliphatic heterocycles. The van der Waals surface area contributed by atoms with Crippen LogP contribution in [0.4, 0.5) is 0 Å². The van der Waals surface area contributed by atoms with Crippen molar-refractivity contribution in [3.8, 4) is 0 Å². The van der Waals surface area contributed by atoms with Gasteiger partial charge in [-0.25, -0.2) is 4.79 Å². The summed E-state index contributed by atoms with van der Waals surface area (Å²) in [5.41, 5.74) is 4.75. The Kier molecular flexibility index (Phi) is 4.26. The summed E-state index contributed by atoms with van der Waals surface area (Å²) in [7, 11) is 0. The number of esters is 1. The number of rotatable bonds is 2. The van der Waals surface area contributed by atoms with Crippen LogP contribution >= 0.6 is 0 Å². The fourth-order valence-corrected chi connectivity index (χ4v) is 5.87. The van der Waals surface area contributed by atoms with Crippen molar-refractivity contribution in [3.63, 3.8) is 0 Å². The number of hydrogen-bond acceptors (Lipinski definition) is 3. The van der Waals surface area contributed by atoms with E-state index >= 15 is 0 Å². The van der Waals surface area contributed by atoms with Gasteiger partial charge in [0.05, 0.1) is 5.56 Å². The van der Waals surface area contributed by atoms with Crippen LogP contribution in [0, 0.1) is 30.6 Å². The molecule has 0 bridgehead atoms. The molecule has 1 aromatic heterocycles. The van der Waals surface area contributed by atoms with E-state index in [1.807, 2.05) is 13.0 Å². The third-order valence-electron chi connectivity index (χ3n) is 7.24. The smallest absolute Gasteiger partial charge is 0.340 e. The highest BCUT2D eigenvalue weighted by Crippen LogP contribution is 2.53. The quantitative estimate of drug-likeness (QED) is 0.538. The second-order valence-corrected chi connectivity index (χ2v) is 8.63. The molecule has 4 aliphatic rings. The number of aromatic nitrogens is 1. The second kappa shape index (κ2) is 6.78. The van der Waals surface area contributed by atoms with E-state index in [1.165, 1.54) is 19.3 Å². The molecule has 0 aromatic carbocycles. The fourth-order valence-electron chi connectivity index (χ4n) is 5.87. The number of hydrogen-bond donors (Lipinski definition) is 0. The Hall–Kier alpha value is -2.16. The Balaban J connectivity index is 1.28. The van der Waals surface area contributed by atoms with Gasteiger partial charge in [0.1, 0.15) is 6.10 Å². The summed E-state index contributed by atoms with van der Waals surface area (Å²) in [5, 5.41) is 0. The van der Waals surface area contributed by atoms with Crippen LogP contribution in [0.5, 0.6) is 0 Å². The summed E-state index contributed by atoms with van der Waals surface area (Å²) in [6, 6.07) is 1.86. The van der Waals surface area contributed by atoms with Crippen LogP contribution in [0.1, 0.15) is 54.4 Å². The number of carbonyl (C=O) groups is 1. The zero-order valence-corrected chi connectivity index (χ0v) is 15.9. The zero-order chi connectivity index (χ0) is 18.4. The normalized spacial score (nSPS) is 34.0. The van der Waals surface area contributed by atoms with Crippen molar-refractivity contribution < 1.29 is 9.53 Å². The predicted molar refractivity (Wildman–Crippen MR) is 105 cm³/mol. The first-order valence-corrected chi connectivity index (χ1v) is 10.4. The third kappa shape index (κ3) is 2.97. The predicted octanol–water partition coefficient (Wildman–Crippen LogP) is 5.18. The third-order valence-corrected chi connectivity index (χ3v) is 7.24. The summed E-state index contributed by atoms with van der Waals surface area (Å²) >= 11 is 0. The lowest BCUT2D eigenvalue weighted by molar-refractivity contribution is 0.0183. The average Bonchev–Trinajstić information content (AvgIpc) is 3.17. The topological polar surface area (TPSA) is 39.2 Å². The molecular formula is C24H27NO2. The van der Waals surface area contributed by atoms with Crippen LogP contribution in [-0.2, 0) is 4.74 Å². The number of fused-ring (bicyclic) bond motifs is 5. The Labute approximate surface area is 161 Å². The molecule has 27 heavy (non-hydrogen) atoms. The maximum atomic E-state index is 12.6. The van der Waals surface area contributed by atoms with Gasteiger partial charge in [-0.1, -0.05) is 35.5 Å². The first-order valence-electron chi connectivity index (χ1n) is 10.4. The van der Waals surface area contributed by atoms with Gasteiger partial charge in [0.15, 0.2) is 0 Å². The maximum absolute atomic E-state index is 12.6. The molecule has 5 rings (SSSR count). The van der Waals surface area contributed by atoms with E-state index in [1.54, 1.807) is 23.5 Å². The van der Waals surface area contributed by atoms with E-state index in [0.717, 1.165) is 36.7 Å². The molecular weight excluding hydrogens is 334 g/mol. The summed E-state index contributed by atoms with van der Waals surface area (Å²) in [4.78, 5) is 16.6. The van der Waals surface area contributed by atoms with Crippen molar-refractivity contribution in [2.75, 3.05) is 0 Å². The van der Waals surface area contributed by atoms with E-state index in [-0.39, 0.29) is 12.1 Å². The van der Waals surface area contributed by atoms with Crippen molar-refractivity contribution in [2.45, 2.75) is 51.6 Å². The minimum Gasteiger partial charge on any atom is -0.458 e. The minimum absolute atomic E-state index is 0.0138. The molecule has 5 atom stereocenters. The molecule has 140 valence electrons. The molecule has 0 saturated heterocycles. The molecule has 4 aliphatic carbocycles. The highest BCUT2D eigenvalue weighted by atomic mass is 16.5. The molecule has 3 heteroatoms. The van der Waals surface area contributed by atoms with E-state index in [9.17, 15) is 4.79 Å². The van der Waals surface area contributed by atoms with Crippen molar-refractivity contribution in [1.82, 2.24) is 4.98 Å². The van der Waals surface area contributed by atoms with Gasteiger partial charge in [0.25, 0.3) is 0 Å². The van der Waals surface area contributed by atoms with Crippen molar-refractivity contribution >= 4 is 5.97 Å². The molecule has 0 amide bonds. The number of aryl methyl sites for hydroxylation is 1. The van der Waals surface area contributed by atoms with Crippen molar-refractivity contribution in [1.29, 1.82) is 0 Å². The van der Waals surface area contributed by atoms with E-state index in [4.69, 9.17) is 4.74 Å². The van der Waals surface area contributed by atoms with Crippen molar-refractivity contribution in [3.05, 3.63) is 65.0 Å². The Morgan fingerprint density at radius 2 is 2.11 bits per heavy atom. The number of allylic oxidation sites excluding steroid dienone is 5. The Bertz CT molecular complexity index is 850. The van der Waals surface area contributed by atoms with Crippen LogP contribution in [0.3, 0.4) is 0 Å². The van der Waals surface area contributed by atoms with Crippen LogP contribution in [0.15, 0.2) is 53.9 Å². The minimum atomic E-state index is -0.221. The zero-order valence-electron chi connectivity index (χ0n) is 15.9. The van der Waals surface area contributed by atoms with Gasteiger partial charge in [-0.15, -0.1) is 0 Å². The highest BCUT2D eigenvalue weighted by Gasteiger charge is 2.43. The molecule has 0 N–H and O–H groups in total. The first-order chi connectivity index (χ1) is 13.2. The fraction of sp³-hybridized carbons (Fsp3) is 0.500. The lowest BCUT2D eigenvalue weighted by Gasteiger charge is -2.47. The van der Waals surface area contributed by atoms with Crippen LogP contribution in [-0.4, -0.2) is 17.1 Å². The van der Waals surface area contributed by atoms with Gasteiger partial charge >= 0.3 is 5.97 Å². The number of nitrogens with zero attached hydrogens (tertiary/aromatic N) is 1. The number of ether oxygens (including phenoxy) is 1. The van der Waals surface area contributed by atoms with Gasteiger partial charge in [-0.05, 0) is 74.3 Å². The SMILES string of the molecule is Cc1ccncc1C(=O)OC1CCC2C(=CCC3C4=CC=CC4CCC23)C1. The average molecular weight is 361 g/mol. The second-order valence-electron chi connectivity index (χ2n) is 8.63. The molecule has 0 radical (unpaired) electrons. The van der Waals surface area contributed by atoms with E-state index < -0.39 is 0 Å². The van der Waals surface area contributed by atoms with Crippen LogP contribution in [0.25, 0.3) is 0 Å². The lowest BCUT2D eigenvalue weighted by Crippen LogP contribution is -2.38. The van der Waals surface area contributed by atoms with Gasteiger partial charge < -0.3 is 4.74 Å². The molecule has 1 aromatic rings. The Morgan fingerprint density at radius 3 is 3.00 bits per heavy atom. The number of pyridine rings is 1. The van der Waals surface area contributed by atoms with Crippen molar-refractivity contribution in [2.24, 2.45) is 23.7 Å². The monoisotopic (exact) mass is 361 g/mol. The molecule has 1 heterocycles. The van der Waals surface area contributed by atoms with Gasteiger partial charge in [-0.3, -0.25) is 4.98 Å². The lowest BCUT2D eigenvalue weighted by atomic mass is 9.59. The maximum Gasteiger partial charge on any atom is 0.340 e. The van der Waals surface area contributed by atoms with E-state index in [0.29, 0.717) is 17.4 Å². The highest BCUT2D eigenvalue weighted by molar-refractivity contribution is 5.90. The molecule has 2 fully saturated rings. The molecule has 2 saturated carbocycles. The summed E-state index contributed by atoms with van der Waals surface area (Å²) in [6.07, 6.45) is 19.7. The van der Waals surface area contributed by atoms with Crippen LogP contribution in [0.2, 0.25) is 0 Å². The van der Waals surface area contributed by atoms with Gasteiger partial charge in [-0.2, -0.15) is 0 Å². The largest absolute Gasteiger partial charge is 0.458 e. The van der Waals surface area contributed by atoms with E-state index in [2.05, 4.69) is 29.3 Å². The summed E-state index contributed by atoms with van der Waals surface area (Å²) in [6.45, 7) is 1.93. The summed E-state index contributed by atoms with van der Waals surface area (Å²) in [5.74, 6) is 2.72. The Morgan fingerprint density at radius 1 is 1.19 bits per heavy atom. The van der Waals surface area contributed by atoms with Gasteiger partial charge in [0, 0.05) is 18.8 Å².